The first-order chi connectivity index (χ1) is 16.7. The maximum atomic E-state index is 13.9. The van der Waals surface area contributed by atoms with Gasteiger partial charge in [0.15, 0.2) is 23.2 Å². The summed E-state index contributed by atoms with van der Waals surface area (Å²) in [5.74, 6) is -3.67. The quantitative estimate of drug-likeness (QED) is 0.502. The standard InChI is InChI=1S/C25H31F2N3O6/c1-24(2,3)36-23(33)30-20-13-15(10-11-28-20)12-18(29-22(32)25(4,5)34-6)19(31)14-35-21-16(26)8-7-9-17(21)27/h7-11,13,18H,12,14H2,1-6H3,(H,29,32)(H,28,30,33). The first-order valence-corrected chi connectivity index (χ1v) is 11.1. The van der Waals surface area contributed by atoms with Gasteiger partial charge in [-0.15, -0.1) is 0 Å². The van der Waals surface area contributed by atoms with Crippen molar-refractivity contribution in [2.24, 2.45) is 0 Å². The smallest absolute Gasteiger partial charge is 0.413 e. The summed E-state index contributed by atoms with van der Waals surface area (Å²) >= 11 is 0. The van der Waals surface area contributed by atoms with Crippen LogP contribution in [-0.4, -0.2) is 53.7 Å². The number of amides is 2. The predicted octanol–water partition coefficient (Wildman–Crippen LogP) is 3.81. The van der Waals surface area contributed by atoms with Crippen LogP contribution in [0, 0.1) is 11.6 Å². The normalized spacial score (nSPS) is 12.4. The molecule has 0 aliphatic carbocycles. The van der Waals surface area contributed by atoms with E-state index in [0.717, 1.165) is 12.1 Å². The second-order valence-corrected chi connectivity index (χ2v) is 9.43. The number of hydrogen-bond donors (Lipinski definition) is 2. The second kappa shape index (κ2) is 11.9. The molecule has 1 unspecified atom stereocenters. The SMILES string of the molecule is COC(C)(C)C(=O)NC(Cc1ccnc(NC(=O)OC(C)(C)C)c1)C(=O)COc1c(F)cccc1F. The van der Waals surface area contributed by atoms with Crippen LogP contribution in [0.1, 0.15) is 40.2 Å². The summed E-state index contributed by atoms with van der Waals surface area (Å²) in [6.45, 7) is 7.48. The van der Waals surface area contributed by atoms with Crippen LogP contribution in [0.15, 0.2) is 36.5 Å². The third-order valence-corrected chi connectivity index (χ3v) is 4.92. The van der Waals surface area contributed by atoms with E-state index < -0.39 is 59.0 Å². The Hall–Kier alpha value is -3.60. The fourth-order valence-corrected chi connectivity index (χ4v) is 2.85. The summed E-state index contributed by atoms with van der Waals surface area (Å²) in [6, 6.07) is 5.12. The number of hydrogen-bond acceptors (Lipinski definition) is 7. The largest absolute Gasteiger partial charge is 0.480 e. The zero-order chi connectivity index (χ0) is 27.1. The molecular weight excluding hydrogens is 476 g/mol. The van der Waals surface area contributed by atoms with Crippen molar-refractivity contribution in [3.63, 3.8) is 0 Å². The van der Waals surface area contributed by atoms with Crippen LogP contribution >= 0.6 is 0 Å². The Labute approximate surface area is 208 Å². The molecule has 2 amide bonds. The zero-order valence-electron chi connectivity index (χ0n) is 21.1. The number of carbonyl (C=O) groups excluding carboxylic acids is 3. The first kappa shape index (κ1) is 28.6. The van der Waals surface area contributed by atoms with Crippen molar-refractivity contribution < 1.29 is 37.4 Å². The lowest BCUT2D eigenvalue weighted by Crippen LogP contribution is -2.52. The molecule has 2 aromatic rings. The number of rotatable bonds is 10. The maximum Gasteiger partial charge on any atom is 0.413 e. The van der Waals surface area contributed by atoms with Gasteiger partial charge in [0, 0.05) is 19.7 Å². The van der Waals surface area contributed by atoms with Gasteiger partial charge in [-0.05, 0) is 64.4 Å². The number of nitrogens with zero attached hydrogens (tertiary/aromatic N) is 1. The summed E-state index contributed by atoms with van der Waals surface area (Å²) in [6.07, 6.45) is 0.671. The van der Waals surface area contributed by atoms with Crippen molar-refractivity contribution in [1.82, 2.24) is 10.3 Å². The molecule has 2 rings (SSSR count). The van der Waals surface area contributed by atoms with E-state index >= 15 is 0 Å². The van der Waals surface area contributed by atoms with Crippen LogP contribution in [0.5, 0.6) is 5.75 Å². The minimum absolute atomic E-state index is 0.0288. The Bertz CT molecular complexity index is 1080. The molecule has 1 aromatic heterocycles. The van der Waals surface area contributed by atoms with Crippen molar-refractivity contribution >= 4 is 23.6 Å². The molecule has 0 aliphatic heterocycles. The molecule has 1 aromatic carbocycles. The van der Waals surface area contributed by atoms with Gasteiger partial charge in [-0.1, -0.05) is 6.07 Å². The average molecular weight is 508 g/mol. The third kappa shape index (κ3) is 8.56. The molecule has 0 saturated carbocycles. The Morgan fingerprint density at radius 1 is 1.06 bits per heavy atom. The number of benzene rings is 1. The Balaban J connectivity index is 2.21. The lowest BCUT2D eigenvalue weighted by atomic mass is 10.0. The van der Waals surface area contributed by atoms with E-state index in [9.17, 15) is 23.2 Å². The van der Waals surface area contributed by atoms with Gasteiger partial charge >= 0.3 is 6.09 Å². The Kier molecular flexibility index (Phi) is 9.46. The molecule has 1 atom stereocenters. The van der Waals surface area contributed by atoms with Crippen LogP contribution in [0.25, 0.3) is 0 Å². The summed E-state index contributed by atoms with van der Waals surface area (Å²) in [7, 11) is 1.35. The molecule has 36 heavy (non-hydrogen) atoms. The molecule has 11 heteroatoms. The molecule has 0 spiro atoms. The van der Waals surface area contributed by atoms with Crippen molar-refractivity contribution in [2.75, 3.05) is 19.0 Å². The van der Waals surface area contributed by atoms with Crippen molar-refractivity contribution in [3.05, 3.63) is 53.7 Å². The van der Waals surface area contributed by atoms with Crippen molar-refractivity contribution in [2.45, 2.75) is 58.3 Å². The van der Waals surface area contributed by atoms with Gasteiger partial charge in [0.2, 0.25) is 0 Å². The molecule has 0 radical (unpaired) electrons. The lowest BCUT2D eigenvalue weighted by Gasteiger charge is -2.26. The summed E-state index contributed by atoms with van der Waals surface area (Å²) in [4.78, 5) is 41.8. The highest BCUT2D eigenvalue weighted by atomic mass is 19.1. The maximum absolute atomic E-state index is 13.9. The second-order valence-electron chi connectivity index (χ2n) is 9.43. The molecule has 0 bridgehead atoms. The highest BCUT2D eigenvalue weighted by molar-refractivity contribution is 5.93. The van der Waals surface area contributed by atoms with Crippen LogP contribution in [-0.2, 0) is 25.5 Å². The number of anilines is 1. The van der Waals surface area contributed by atoms with E-state index in [1.807, 2.05) is 0 Å². The number of nitrogens with one attached hydrogen (secondary N) is 2. The van der Waals surface area contributed by atoms with Crippen molar-refractivity contribution in [3.8, 4) is 5.75 Å². The number of aromatic nitrogens is 1. The van der Waals surface area contributed by atoms with E-state index in [1.165, 1.54) is 39.3 Å². The molecular formula is C25H31F2N3O6. The number of pyridine rings is 1. The molecule has 0 fully saturated rings. The van der Waals surface area contributed by atoms with Gasteiger partial charge in [-0.3, -0.25) is 14.9 Å². The number of carbonyl (C=O) groups is 3. The van der Waals surface area contributed by atoms with E-state index in [2.05, 4.69) is 15.6 Å². The minimum Gasteiger partial charge on any atom is -0.480 e. The average Bonchev–Trinajstić information content (AvgIpc) is 2.77. The number of Topliss-reactive ketones (excluding diaryl/α,β-unsaturated/α-hetero) is 1. The summed E-state index contributed by atoms with van der Waals surface area (Å²) in [5, 5.41) is 5.10. The van der Waals surface area contributed by atoms with Crippen molar-refractivity contribution in [1.29, 1.82) is 0 Å². The summed E-state index contributed by atoms with van der Waals surface area (Å²) in [5.41, 5.74) is -1.43. The van der Waals surface area contributed by atoms with Gasteiger partial charge in [-0.25, -0.2) is 18.6 Å². The first-order valence-electron chi connectivity index (χ1n) is 11.1. The molecule has 196 valence electrons. The van der Waals surface area contributed by atoms with Gasteiger partial charge in [0.1, 0.15) is 23.6 Å². The van der Waals surface area contributed by atoms with Crippen LogP contribution in [0.3, 0.4) is 0 Å². The number of ketones is 1. The van der Waals surface area contributed by atoms with E-state index in [4.69, 9.17) is 14.2 Å². The highest BCUT2D eigenvalue weighted by Gasteiger charge is 2.32. The highest BCUT2D eigenvalue weighted by Crippen LogP contribution is 2.21. The van der Waals surface area contributed by atoms with E-state index in [0.29, 0.717) is 5.56 Å². The Morgan fingerprint density at radius 2 is 1.69 bits per heavy atom. The monoisotopic (exact) mass is 507 g/mol. The van der Waals surface area contributed by atoms with E-state index in [-0.39, 0.29) is 12.2 Å². The molecule has 0 aliphatic rings. The molecule has 1 heterocycles. The third-order valence-electron chi connectivity index (χ3n) is 4.92. The number of halogens is 2. The van der Waals surface area contributed by atoms with Crippen LogP contribution < -0.4 is 15.4 Å². The van der Waals surface area contributed by atoms with Crippen LogP contribution in [0.2, 0.25) is 0 Å². The predicted molar refractivity (Wildman–Crippen MR) is 128 cm³/mol. The Morgan fingerprint density at radius 3 is 2.28 bits per heavy atom. The minimum atomic E-state index is -1.25. The number of ether oxygens (including phenoxy) is 3. The van der Waals surface area contributed by atoms with Gasteiger partial charge < -0.3 is 19.5 Å². The fourth-order valence-electron chi connectivity index (χ4n) is 2.85. The molecule has 2 N–H and O–H groups in total. The molecule has 9 nitrogen and oxygen atoms in total. The zero-order valence-corrected chi connectivity index (χ0v) is 21.1. The topological polar surface area (TPSA) is 116 Å². The van der Waals surface area contributed by atoms with E-state index in [1.54, 1.807) is 26.8 Å². The fraction of sp³-hybridized carbons (Fsp3) is 0.440. The molecule has 0 saturated heterocycles. The lowest BCUT2D eigenvalue weighted by molar-refractivity contribution is -0.142. The van der Waals surface area contributed by atoms with Crippen LogP contribution in [0.4, 0.5) is 19.4 Å². The van der Waals surface area contributed by atoms with Gasteiger partial charge in [0.25, 0.3) is 5.91 Å². The number of para-hydroxylation sites is 1. The number of methoxy groups -OCH3 is 1. The van der Waals surface area contributed by atoms with Gasteiger partial charge in [-0.2, -0.15) is 0 Å². The summed E-state index contributed by atoms with van der Waals surface area (Å²) < 4.78 is 43.3. The van der Waals surface area contributed by atoms with Gasteiger partial charge in [0.05, 0.1) is 6.04 Å².